The number of halogens is 1. The van der Waals surface area contributed by atoms with E-state index in [1.807, 2.05) is 20.9 Å². The van der Waals surface area contributed by atoms with Crippen molar-refractivity contribution in [2.45, 2.75) is 51.6 Å². The molecule has 4 rings (SSSR count). The van der Waals surface area contributed by atoms with Gasteiger partial charge in [-0.05, 0) is 26.0 Å². The minimum Gasteiger partial charge on any atom is -0.326 e. The average Bonchev–Trinajstić information content (AvgIpc) is 2.86. The Labute approximate surface area is 189 Å². The second-order valence-electron chi connectivity index (χ2n) is 7.26. The zero-order valence-corrected chi connectivity index (χ0v) is 19.0. The Hall–Kier alpha value is -3.03. The molecule has 1 saturated carbocycles. The van der Waals surface area contributed by atoms with Gasteiger partial charge in [0.15, 0.2) is 0 Å². The van der Waals surface area contributed by atoms with Crippen molar-refractivity contribution in [1.82, 2.24) is 20.3 Å². The lowest BCUT2D eigenvalue weighted by atomic mass is 9.91. The van der Waals surface area contributed by atoms with E-state index in [9.17, 15) is 9.18 Å². The second kappa shape index (κ2) is 13.4. The molecule has 0 saturated heterocycles. The van der Waals surface area contributed by atoms with Gasteiger partial charge in [-0.25, -0.2) is 9.37 Å². The number of aldehydes is 1. The Morgan fingerprint density at radius 2 is 1.59 bits per heavy atom. The van der Waals surface area contributed by atoms with Gasteiger partial charge in [0.25, 0.3) is 0 Å². The molecule has 3 N–H and O–H groups in total. The van der Waals surface area contributed by atoms with Gasteiger partial charge >= 0.3 is 0 Å². The van der Waals surface area contributed by atoms with Crippen molar-refractivity contribution in [3.8, 4) is 22.5 Å². The van der Waals surface area contributed by atoms with Gasteiger partial charge in [-0.1, -0.05) is 51.0 Å². The van der Waals surface area contributed by atoms with Crippen LogP contribution in [0.5, 0.6) is 0 Å². The van der Waals surface area contributed by atoms with E-state index in [1.165, 1.54) is 37.9 Å². The molecule has 6 nitrogen and oxygen atoms in total. The zero-order chi connectivity index (χ0) is 23.3. The zero-order valence-electron chi connectivity index (χ0n) is 19.0. The molecule has 2 unspecified atom stereocenters. The maximum Gasteiger partial charge on any atom is 0.150 e. The summed E-state index contributed by atoms with van der Waals surface area (Å²) in [4.78, 5) is 23.0. The summed E-state index contributed by atoms with van der Waals surface area (Å²) in [5, 5.41) is 3.23. The van der Waals surface area contributed by atoms with Gasteiger partial charge in [-0.2, -0.15) is 0 Å². The Balaban J connectivity index is 0.000000277. The van der Waals surface area contributed by atoms with Gasteiger partial charge in [0.05, 0.1) is 30.0 Å². The molecule has 3 aromatic rings. The van der Waals surface area contributed by atoms with Crippen LogP contribution < -0.4 is 11.1 Å². The summed E-state index contributed by atoms with van der Waals surface area (Å²) in [6, 6.07) is 9.35. The lowest BCUT2D eigenvalue weighted by Gasteiger charge is -2.27. The second-order valence-corrected chi connectivity index (χ2v) is 7.26. The Morgan fingerprint density at radius 1 is 0.969 bits per heavy atom. The molecule has 32 heavy (non-hydrogen) atoms. The van der Waals surface area contributed by atoms with Gasteiger partial charge in [0.1, 0.15) is 12.1 Å². The first-order valence-corrected chi connectivity index (χ1v) is 11.0. The van der Waals surface area contributed by atoms with Gasteiger partial charge in [0.2, 0.25) is 0 Å². The summed E-state index contributed by atoms with van der Waals surface area (Å²) in [5.74, 6) is -0.421. The molecule has 0 radical (unpaired) electrons. The van der Waals surface area contributed by atoms with E-state index < -0.39 is 5.82 Å². The fraction of sp³-hybridized carbons (Fsp3) is 0.360. The number of likely N-dealkylation sites (N-methyl/N-ethyl adjacent to an activating group) is 1. The number of nitrogens with two attached hydrogens (primary N) is 1. The van der Waals surface area contributed by atoms with Crippen molar-refractivity contribution >= 4 is 6.29 Å². The number of benzene rings is 1. The molecule has 1 aliphatic carbocycles. The first-order chi connectivity index (χ1) is 15.6. The van der Waals surface area contributed by atoms with E-state index in [2.05, 4.69) is 20.3 Å². The molecule has 2 atom stereocenters. The van der Waals surface area contributed by atoms with Crippen molar-refractivity contribution in [3.63, 3.8) is 0 Å². The van der Waals surface area contributed by atoms with E-state index in [4.69, 9.17) is 5.73 Å². The lowest BCUT2D eigenvalue weighted by molar-refractivity contribution is 0.112. The third-order valence-electron chi connectivity index (χ3n) is 5.17. The third-order valence-corrected chi connectivity index (χ3v) is 5.17. The molecule has 0 aliphatic heterocycles. The maximum absolute atomic E-state index is 13.2. The van der Waals surface area contributed by atoms with Crippen LogP contribution in [0.15, 0.2) is 55.1 Å². The van der Waals surface area contributed by atoms with Crippen molar-refractivity contribution < 1.29 is 9.18 Å². The van der Waals surface area contributed by atoms with Crippen LogP contribution in [-0.2, 0) is 0 Å². The molecule has 1 fully saturated rings. The molecular formula is C25H32FN5O. The molecule has 0 amide bonds. The third kappa shape index (κ3) is 7.28. The summed E-state index contributed by atoms with van der Waals surface area (Å²) >= 11 is 0. The lowest BCUT2D eigenvalue weighted by Crippen LogP contribution is -2.45. The highest BCUT2D eigenvalue weighted by atomic mass is 19.1. The van der Waals surface area contributed by atoms with Gasteiger partial charge in [-0.3, -0.25) is 14.8 Å². The molecule has 0 spiro atoms. The summed E-state index contributed by atoms with van der Waals surface area (Å²) in [7, 11) is 2.00. The topological polar surface area (TPSA) is 93.8 Å². The highest BCUT2D eigenvalue weighted by molar-refractivity contribution is 5.76. The number of nitrogens with one attached hydrogen (secondary N) is 1. The molecule has 1 aromatic carbocycles. The molecule has 7 heteroatoms. The van der Waals surface area contributed by atoms with E-state index in [-0.39, 0.29) is 0 Å². The molecular weight excluding hydrogens is 405 g/mol. The summed E-state index contributed by atoms with van der Waals surface area (Å²) in [5.41, 5.74) is 9.01. The highest BCUT2D eigenvalue weighted by Gasteiger charge is 2.18. The van der Waals surface area contributed by atoms with Gasteiger partial charge < -0.3 is 11.1 Å². The van der Waals surface area contributed by atoms with Crippen LogP contribution in [0.1, 0.15) is 49.9 Å². The average molecular weight is 438 g/mol. The minimum atomic E-state index is -0.421. The van der Waals surface area contributed by atoms with E-state index >= 15 is 0 Å². The molecule has 1 aliphatic rings. The smallest absolute Gasteiger partial charge is 0.150 e. The number of rotatable bonds is 4. The molecule has 0 bridgehead atoms. The van der Waals surface area contributed by atoms with Gasteiger partial charge in [-0.15, -0.1) is 0 Å². The number of hydrogen-bond donors (Lipinski definition) is 2. The molecule has 2 heterocycles. The van der Waals surface area contributed by atoms with Crippen LogP contribution >= 0.6 is 0 Å². The highest BCUT2D eigenvalue weighted by Crippen LogP contribution is 2.21. The first kappa shape index (κ1) is 25.2. The number of pyridine rings is 1. The van der Waals surface area contributed by atoms with Crippen LogP contribution in [0.25, 0.3) is 22.5 Å². The summed E-state index contributed by atoms with van der Waals surface area (Å²) < 4.78 is 13.2. The van der Waals surface area contributed by atoms with Crippen LogP contribution in [0.4, 0.5) is 4.39 Å². The standard InChI is InChI=1S/C16H10FN3O.C7H16N2.C2H6/c17-14-5-13(6-18-7-14)16-9-19-8-15(20-16)12-3-1-11(10-21)2-4-12;1-9-7-5-3-2-4-6(7)8;1-2/h1-10H;6-7,9H,2-5,8H2,1H3;1-2H3. The van der Waals surface area contributed by atoms with E-state index in [0.717, 1.165) is 18.0 Å². The Bertz CT molecular complexity index is 965. The van der Waals surface area contributed by atoms with Crippen LogP contribution in [0.3, 0.4) is 0 Å². The van der Waals surface area contributed by atoms with Crippen molar-refractivity contribution in [2.24, 2.45) is 5.73 Å². The predicted molar refractivity (Wildman–Crippen MR) is 127 cm³/mol. The van der Waals surface area contributed by atoms with Crippen molar-refractivity contribution in [1.29, 1.82) is 0 Å². The molecule has 2 aromatic heterocycles. The number of carbonyl (C=O) groups excluding carboxylic acids is 1. The SMILES string of the molecule is CC.CNC1CCCCC1N.O=Cc1ccc(-c2cncc(-c3cncc(F)c3)n2)cc1. The largest absolute Gasteiger partial charge is 0.326 e. The minimum absolute atomic E-state index is 0.406. The van der Waals surface area contributed by atoms with Crippen molar-refractivity contribution in [3.05, 3.63) is 66.5 Å². The fourth-order valence-electron chi connectivity index (χ4n) is 3.45. The monoisotopic (exact) mass is 437 g/mol. The van der Waals surface area contributed by atoms with E-state index in [1.54, 1.807) is 36.7 Å². The van der Waals surface area contributed by atoms with Crippen LogP contribution in [0.2, 0.25) is 0 Å². The quantitative estimate of drug-likeness (QED) is 0.577. The Morgan fingerprint density at radius 3 is 2.16 bits per heavy atom. The maximum atomic E-state index is 13.2. The normalized spacial score (nSPS) is 17.3. The predicted octanol–water partition coefficient (Wildman–Crippen LogP) is 4.66. The summed E-state index contributed by atoms with van der Waals surface area (Å²) in [6.07, 6.45) is 11.8. The van der Waals surface area contributed by atoms with Crippen LogP contribution in [-0.4, -0.2) is 40.4 Å². The van der Waals surface area contributed by atoms with Gasteiger partial charge in [0, 0.05) is 35.0 Å². The molecule has 170 valence electrons. The Kier molecular flexibility index (Phi) is 10.6. The number of carbonyl (C=O) groups is 1. The fourth-order valence-corrected chi connectivity index (χ4v) is 3.45. The van der Waals surface area contributed by atoms with Crippen LogP contribution in [0, 0.1) is 5.82 Å². The number of hydrogen-bond acceptors (Lipinski definition) is 6. The first-order valence-electron chi connectivity index (χ1n) is 11.0. The summed E-state index contributed by atoms with van der Waals surface area (Å²) in [6.45, 7) is 4.00. The van der Waals surface area contributed by atoms with Crippen molar-refractivity contribution in [2.75, 3.05) is 7.05 Å². The van der Waals surface area contributed by atoms with E-state index in [0.29, 0.717) is 34.6 Å². The number of nitrogens with zero attached hydrogens (tertiary/aromatic N) is 3. The number of aromatic nitrogens is 3.